The van der Waals surface area contributed by atoms with Crippen molar-refractivity contribution in [1.29, 1.82) is 0 Å². The summed E-state index contributed by atoms with van der Waals surface area (Å²) < 4.78 is 0. The molecule has 2 fully saturated rings. The summed E-state index contributed by atoms with van der Waals surface area (Å²) in [5, 5.41) is 3.03. The second-order valence-electron chi connectivity index (χ2n) is 6.10. The Kier molecular flexibility index (Phi) is 5.70. The Bertz CT molecular complexity index is 491. The van der Waals surface area contributed by atoms with Crippen molar-refractivity contribution in [3.8, 4) is 0 Å². The molecule has 0 aliphatic carbocycles. The molecule has 1 N–H and O–H groups in total. The number of likely N-dealkylation sites (tertiary alicyclic amines) is 1. The number of carbonyl (C=O) groups excluding carboxylic acids is 4. The lowest BCUT2D eigenvalue weighted by Crippen LogP contribution is -2.49. The fourth-order valence-corrected chi connectivity index (χ4v) is 2.75. The number of nitrogens with zero attached hydrogens (tertiary/aromatic N) is 2. The van der Waals surface area contributed by atoms with Crippen LogP contribution < -0.4 is 5.32 Å². The first kappa shape index (κ1) is 17.4. The SMILES string of the molecule is CC(NC(=O)CN1CCCCC1C)C(=O)ON1C(=O)CCC1=O. The van der Waals surface area contributed by atoms with E-state index in [9.17, 15) is 19.2 Å². The molecule has 0 aromatic rings. The van der Waals surface area contributed by atoms with E-state index in [4.69, 9.17) is 4.84 Å². The zero-order chi connectivity index (χ0) is 17.0. The number of amides is 3. The van der Waals surface area contributed by atoms with Crippen LogP contribution in [0, 0.1) is 0 Å². The number of nitrogens with one attached hydrogen (secondary N) is 1. The number of piperidine rings is 1. The van der Waals surface area contributed by atoms with Crippen molar-refractivity contribution >= 4 is 23.7 Å². The van der Waals surface area contributed by atoms with Gasteiger partial charge in [-0.1, -0.05) is 6.42 Å². The number of hydrogen-bond donors (Lipinski definition) is 1. The average Bonchev–Trinajstić information content (AvgIpc) is 2.81. The first-order chi connectivity index (χ1) is 10.9. The van der Waals surface area contributed by atoms with Crippen molar-refractivity contribution in [3.05, 3.63) is 0 Å². The van der Waals surface area contributed by atoms with Crippen molar-refractivity contribution in [2.45, 2.75) is 58.0 Å². The van der Waals surface area contributed by atoms with Gasteiger partial charge in [0, 0.05) is 18.9 Å². The van der Waals surface area contributed by atoms with Crippen LogP contribution in [-0.4, -0.2) is 58.8 Å². The third-order valence-electron chi connectivity index (χ3n) is 4.21. The van der Waals surface area contributed by atoms with E-state index in [0.717, 1.165) is 19.4 Å². The summed E-state index contributed by atoms with van der Waals surface area (Å²) in [4.78, 5) is 53.6. The topological polar surface area (TPSA) is 96.0 Å². The molecule has 8 heteroatoms. The van der Waals surface area contributed by atoms with Gasteiger partial charge in [-0.3, -0.25) is 19.3 Å². The molecule has 0 radical (unpaired) electrons. The predicted octanol–water partition coefficient (Wildman–Crippen LogP) is -0.0273. The Hall–Kier alpha value is -1.96. The van der Waals surface area contributed by atoms with Gasteiger partial charge in [0.1, 0.15) is 6.04 Å². The summed E-state index contributed by atoms with van der Waals surface area (Å²) in [6.45, 7) is 4.63. The standard InChI is InChI=1S/C15H23N3O5/c1-10-5-3-4-8-17(10)9-12(19)16-11(2)15(22)23-18-13(20)6-7-14(18)21/h10-11H,3-9H2,1-2H3,(H,16,19). The smallest absolute Gasteiger partial charge is 0.342 e. The van der Waals surface area contributed by atoms with Crippen LogP contribution in [0.25, 0.3) is 0 Å². The molecular weight excluding hydrogens is 302 g/mol. The van der Waals surface area contributed by atoms with Gasteiger partial charge in [-0.05, 0) is 33.2 Å². The zero-order valence-corrected chi connectivity index (χ0v) is 13.5. The van der Waals surface area contributed by atoms with Crippen LogP contribution >= 0.6 is 0 Å². The van der Waals surface area contributed by atoms with Gasteiger partial charge in [0.25, 0.3) is 11.8 Å². The van der Waals surface area contributed by atoms with Crippen LogP contribution in [0.4, 0.5) is 0 Å². The number of hydrogen-bond acceptors (Lipinski definition) is 6. The minimum atomic E-state index is -0.927. The van der Waals surface area contributed by atoms with Gasteiger partial charge in [0.15, 0.2) is 0 Å². The maximum atomic E-state index is 12.0. The average molecular weight is 325 g/mol. The maximum absolute atomic E-state index is 12.0. The van der Waals surface area contributed by atoms with Crippen LogP contribution in [0.15, 0.2) is 0 Å². The normalized spacial score (nSPS) is 23.7. The Morgan fingerprint density at radius 2 is 1.91 bits per heavy atom. The third-order valence-corrected chi connectivity index (χ3v) is 4.21. The summed E-state index contributed by atoms with van der Waals surface area (Å²) in [6.07, 6.45) is 3.37. The second kappa shape index (κ2) is 7.54. The van der Waals surface area contributed by atoms with E-state index in [0.29, 0.717) is 11.1 Å². The monoisotopic (exact) mass is 325 g/mol. The van der Waals surface area contributed by atoms with Crippen molar-refractivity contribution in [1.82, 2.24) is 15.3 Å². The molecule has 0 bridgehead atoms. The van der Waals surface area contributed by atoms with Gasteiger partial charge < -0.3 is 10.2 Å². The Balaban J connectivity index is 1.79. The molecular formula is C15H23N3O5. The van der Waals surface area contributed by atoms with Gasteiger partial charge in [0.2, 0.25) is 5.91 Å². The molecule has 2 atom stereocenters. The minimum absolute atomic E-state index is 0.0414. The lowest BCUT2D eigenvalue weighted by Gasteiger charge is -2.32. The largest absolute Gasteiger partial charge is 0.354 e. The summed E-state index contributed by atoms with van der Waals surface area (Å²) in [6, 6.07) is -0.583. The van der Waals surface area contributed by atoms with E-state index < -0.39 is 23.8 Å². The quantitative estimate of drug-likeness (QED) is 0.713. The molecule has 128 valence electrons. The Labute approximate surface area is 135 Å². The van der Waals surface area contributed by atoms with E-state index >= 15 is 0 Å². The lowest BCUT2D eigenvalue weighted by molar-refractivity contribution is -0.198. The first-order valence-corrected chi connectivity index (χ1v) is 7.99. The van der Waals surface area contributed by atoms with Crippen molar-refractivity contribution < 1.29 is 24.0 Å². The molecule has 2 saturated heterocycles. The van der Waals surface area contributed by atoms with Gasteiger partial charge in [0.05, 0.1) is 6.54 Å². The van der Waals surface area contributed by atoms with Gasteiger partial charge >= 0.3 is 5.97 Å². The van der Waals surface area contributed by atoms with Gasteiger partial charge in [-0.25, -0.2) is 4.79 Å². The fourth-order valence-electron chi connectivity index (χ4n) is 2.75. The summed E-state index contributed by atoms with van der Waals surface area (Å²) in [5.74, 6) is -2.18. The molecule has 0 saturated carbocycles. The van der Waals surface area contributed by atoms with E-state index in [-0.39, 0.29) is 25.3 Å². The lowest BCUT2D eigenvalue weighted by atomic mass is 10.0. The van der Waals surface area contributed by atoms with E-state index in [2.05, 4.69) is 17.1 Å². The fraction of sp³-hybridized carbons (Fsp3) is 0.733. The molecule has 2 aliphatic rings. The molecule has 0 spiro atoms. The molecule has 2 rings (SSSR count). The first-order valence-electron chi connectivity index (χ1n) is 7.99. The van der Waals surface area contributed by atoms with Crippen LogP contribution in [0.2, 0.25) is 0 Å². The highest BCUT2D eigenvalue weighted by molar-refractivity contribution is 6.01. The van der Waals surface area contributed by atoms with Crippen molar-refractivity contribution in [2.75, 3.05) is 13.1 Å². The van der Waals surface area contributed by atoms with E-state index in [1.807, 2.05) is 0 Å². The van der Waals surface area contributed by atoms with Gasteiger partial charge in [-0.2, -0.15) is 0 Å². The molecule has 8 nitrogen and oxygen atoms in total. The third kappa shape index (κ3) is 4.51. The highest BCUT2D eigenvalue weighted by atomic mass is 16.7. The number of rotatable bonds is 5. The molecule has 0 aromatic carbocycles. The Morgan fingerprint density at radius 3 is 2.52 bits per heavy atom. The number of hydroxylamine groups is 2. The highest BCUT2D eigenvalue weighted by Crippen LogP contribution is 2.16. The molecule has 23 heavy (non-hydrogen) atoms. The summed E-state index contributed by atoms with van der Waals surface area (Å²) >= 11 is 0. The molecule has 2 unspecified atom stereocenters. The van der Waals surface area contributed by atoms with Crippen LogP contribution in [0.1, 0.15) is 46.0 Å². The predicted molar refractivity (Wildman–Crippen MR) is 79.7 cm³/mol. The summed E-state index contributed by atoms with van der Waals surface area (Å²) in [5.41, 5.74) is 0. The highest BCUT2D eigenvalue weighted by Gasteiger charge is 2.34. The van der Waals surface area contributed by atoms with Gasteiger partial charge in [-0.15, -0.1) is 5.06 Å². The summed E-state index contributed by atoms with van der Waals surface area (Å²) in [7, 11) is 0. The Morgan fingerprint density at radius 1 is 1.26 bits per heavy atom. The number of imide groups is 1. The molecule has 0 aromatic heterocycles. The number of carbonyl (C=O) groups is 4. The molecule has 2 aliphatic heterocycles. The maximum Gasteiger partial charge on any atom is 0.354 e. The van der Waals surface area contributed by atoms with Crippen molar-refractivity contribution in [2.24, 2.45) is 0 Å². The minimum Gasteiger partial charge on any atom is -0.342 e. The molecule has 2 heterocycles. The van der Waals surface area contributed by atoms with E-state index in [1.54, 1.807) is 0 Å². The second-order valence-corrected chi connectivity index (χ2v) is 6.10. The van der Waals surface area contributed by atoms with Crippen LogP contribution in [0.5, 0.6) is 0 Å². The van der Waals surface area contributed by atoms with Crippen LogP contribution in [0.3, 0.4) is 0 Å². The van der Waals surface area contributed by atoms with Crippen molar-refractivity contribution in [3.63, 3.8) is 0 Å². The van der Waals surface area contributed by atoms with Crippen LogP contribution in [-0.2, 0) is 24.0 Å². The van der Waals surface area contributed by atoms with E-state index in [1.165, 1.54) is 13.3 Å². The zero-order valence-electron chi connectivity index (χ0n) is 13.5. The molecule has 3 amide bonds.